The molecule has 1 aromatic heterocycles. The molecule has 1 aromatic carbocycles. The molecule has 66 valence electrons. The zero-order chi connectivity index (χ0) is 9.42. The summed E-state index contributed by atoms with van der Waals surface area (Å²) >= 11 is 9.75. The van der Waals surface area contributed by atoms with Gasteiger partial charge in [-0.25, -0.2) is 0 Å². The first-order valence-electron chi connectivity index (χ1n) is 3.55. The number of halogens is 2. The third-order valence-electron chi connectivity index (χ3n) is 1.77. The molecule has 0 saturated carbocycles. The van der Waals surface area contributed by atoms with Crippen molar-refractivity contribution in [2.24, 2.45) is 0 Å². The van der Waals surface area contributed by atoms with Crippen LogP contribution in [0.1, 0.15) is 10.4 Å². The van der Waals surface area contributed by atoms with Crippen LogP contribution in [0.2, 0.25) is 5.02 Å². The average molecular weight is 323 g/mol. The van der Waals surface area contributed by atoms with Gasteiger partial charge in [0.05, 0.1) is 2.88 Å². The van der Waals surface area contributed by atoms with Crippen LogP contribution in [0.25, 0.3) is 10.1 Å². The molecule has 4 heteroatoms. The summed E-state index contributed by atoms with van der Waals surface area (Å²) in [6, 6.07) is 5.67. The van der Waals surface area contributed by atoms with Crippen LogP contribution in [-0.2, 0) is 0 Å². The molecule has 0 radical (unpaired) electrons. The summed E-state index contributed by atoms with van der Waals surface area (Å²) < 4.78 is 2.06. The Balaban J connectivity index is 2.96. The van der Waals surface area contributed by atoms with E-state index in [4.69, 9.17) is 11.6 Å². The first kappa shape index (κ1) is 9.43. The molecule has 0 aliphatic rings. The van der Waals surface area contributed by atoms with Gasteiger partial charge in [0.25, 0.3) is 0 Å². The number of thiophene rings is 1. The molecule has 13 heavy (non-hydrogen) atoms. The van der Waals surface area contributed by atoms with Crippen molar-refractivity contribution in [1.29, 1.82) is 0 Å². The largest absolute Gasteiger partial charge is 0.298 e. The fourth-order valence-electron chi connectivity index (χ4n) is 1.21. The molecule has 0 bridgehead atoms. The summed E-state index contributed by atoms with van der Waals surface area (Å²) in [6.07, 6.45) is 0.868. The fourth-order valence-corrected chi connectivity index (χ4v) is 3.57. The molecule has 0 amide bonds. The first-order chi connectivity index (χ1) is 6.24. The second kappa shape index (κ2) is 3.55. The van der Waals surface area contributed by atoms with Gasteiger partial charge in [-0.15, -0.1) is 11.3 Å². The highest BCUT2D eigenvalue weighted by molar-refractivity contribution is 14.1. The number of carbonyl (C=O) groups excluding carboxylic acids is 1. The second-order valence-electron chi connectivity index (χ2n) is 2.52. The number of hydrogen-bond donors (Lipinski definition) is 0. The van der Waals surface area contributed by atoms with Crippen molar-refractivity contribution in [2.45, 2.75) is 0 Å². The van der Waals surface area contributed by atoms with Gasteiger partial charge < -0.3 is 0 Å². The fraction of sp³-hybridized carbons (Fsp3) is 0. The lowest BCUT2D eigenvalue weighted by atomic mass is 10.2. The van der Waals surface area contributed by atoms with Crippen molar-refractivity contribution in [3.8, 4) is 0 Å². The van der Waals surface area contributed by atoms with E-state index in [0.29, 0.717) is 10.6 Å². The topological polar surface area (TPSA) is 17.1 Å². The Kier molecular flexibility index (Phi) is 2.58. The van der Waals surface area contributed by atoms with Crippen molar-refractivity contribution in [3.63, 3.8) is 0 Å². The lowest BCUT2D eigenvalue weighted by Gasteiger charge is -1.93. The van der Waals surface area contributed by atoms with Gasteiger partial charge in [0, 0.05) is 20.7 Å². The van der Waals surface area contributed by atoms with Crippen LogP contribution in [0.5, 0.6) is 0 Å². The van der Waals surface area contributed by atoms with E-state index < -0.39 is 0 Å². The quantitative estimate of drug-likeness (QED) is 0.573. The van der Waals surface area contributed by atoms with Crippen molar-refractivity contribution >= 4 is 61.9 Å². The van der Waals surface area contributed by atoms with Gasteiger partial charge in [-0.3, -0.25) is 4.79 Å². The molecule has 1 nitrogen and oxygen atoms in total. The van der Waals surface area contributed by atoms with Crippen LogP contribution in [0, 0.1) is 2.88 Å². The van der Waals surface area contributed by atoms with Crippen LogP contribution < -0.4 is 0 Å². The minimum Gasteiger partial charge on any atom is -0.298 e. The SMILES string of the molecule is O=Cc1c(I)sc2cccc(Cl)c12. The third kappa shape index (κ3) is 1.49. The smallest absolute Gasteiger partial charge is 0.152 e. The number of aldehydes is 1. The Bertz CT molecular complexity index is 478. The third-order valence-corrected chi connectivity index (χ3v) is 4.29. The summed E-state index contributed by atoms with van der Waals surface area (Å²) in [4.78, 5) is 10.8. The predicted molar refractivity (Wildman–Crippen MR) is 64.9 cm³/mol. The highest BCUT2D eigenvalue weighted by Crippen LogP contribution is 2.35. The van der Waals surface area contributed by atoms with E-state index in [1.54, 1.807) is 17.4 Å². The molecule has 2 rings (SSSR count). The Hall–Kier alpha value is -0.130. The van der Waals surface area contributed by atoms with Gasteiger partial charge >= 0.3 is 0 Å². The molecule has 0 unspecified atom stereocenters. The molecular weight excluding hydrogens is 319 g/mol. The number of hydrogen-bond acceptors (Lipinski definition) is 2. The highest BCUT2D eigenvalue weighted by atomic mass is 127. The van der Waals surface area contributed by atoms with Crippen LogP contribution in [0.4, 0.5) is 0 Å². The molecule has 2 aromatic rings. The van der Waals surface area contributed by atoms with E-state index in [9.17, 15) is 4.79 Å². The number of rotatable bonds is 1. The molecule has 0 spiro atoms. The van der Waals surface area contributed by atoms with Crippen molar-refractivity contribution in [2.75, 3.05) is 0 Å². The Morgan fingerprint density at radius 2 is 2.23 bits per heavy atom. The van der Waals surface area contributed by atoms with E-state index >= 15 is 0 Å². The average Bonchev–Trinajstić information content (AvgIpc) is 2.42. The maximum atomic E-state index is 10.8. The summed E-state index contributed by atoms with van der Waals surface area (Å²) in [5.74, 6) is 0. The maximum Gasteiger partial charge on any atom is 0.152 e. The Morgan fingerprint density at radius 3 is 2.92 bits per heavy atom. The van der Waals surface area contributed by atoms with Crippen LogP contribution in [0.3, 0.4) is 0 Å². The van der Waals surface area contributed by atoms with Gasteiger partial charge in [-0.05, 0) is 34.7 Å². The van der Waals surface area contributed by atoms with Crippen LogP contribution in [-0.4, -0.2) is 6.29 Å². The van der Waals surface area contributed by atoms with Gasteiger partial charge in [-0.2, -0.15) is 0 Å². The molecule has 0 aliphatic carbocycles. The predicted octanol–water partition coefficient (Wildman–Crippen LogP) is 3.97. The molecule has 0 N–H and O–H groups in total. The highest BCUT2D eigenvalue weighted by Gasteiger charge is 2.11. The number of fused-ring (bicyclic) bond motifs is 1. The van der Waals surface area contributed by atoms with Gasteiger partial charge in [-0.1, -0.05) is 17.7 Å². The summed E-state index contributed by atoms with van der Waals surface area (Å²) in [6.45, 7) is 0. The molecule has 0 saturated heterocycles. The van der Waals surface area contributed by atoms with Crippen molar-refractivity contribution in [1.82, 2.24) is 0 Å². The Labute approximate surface area is 97.8 Å². The van der Waals surface area contributed by atoms with E-state index in [0.717, 1.165) is 19.3 Å². The normalized spacial score (nSPS) is 10.6. The van der Waals surface area contributed by atoms with Crippen molar-refractivity contribution < 1.29 is 4.79 Å². The molecular formula is C9H4ClIOS. The van der Waals surface area contributed by atoms with E-state index in [1.165, 1.54) is 0 Å². The number of benzene rings is 1. The van der Waals surface area contributed by atoms with Crippen LogP contribution in [0.15, 0.2) is 18.2 Å². The zero-order valence-electron chi connectivity index (χ0n) is 6.38. The second-order valence-corrected chi connectivity index (χ2v) is 5.79. The lowest BCUT2D eigenvalue weighted by molar-refractivity contribution is 0.112. The van der Waals surface area contributed by atoms with Crippen LogP contribution >= 0.6 is 45.5 Å². The standard InChI is InChI=1S/C9H4ClIOS/c10-6-2-1-3-7-8(6)5(4-12)9(11)13-7/h1-4H. The van der Waals surface area contributed by atoms with Gasteiger partial charge in [0.15, 0.2) is 6.29 Å². The monoisotopic (exact) mass is 322 g/mol. The number of carbonyl (C=O) groups is 1. The minimum absolute atomic E-state index is 0.652. The zero-order valence-corrected chi connectivity index (χ0v) is 10.1. The summed E-state index contributed by atoms with van der Waals surface area (Å²) in [5, 5.41) is 1.53. The molecule has 0 fully saturated rings. The van der Waals surface area contributed by atoms with E-state index in [1.807, 2.05) is 12.1 Å². The van der Waals surface area contributed by atoms with E-state index in [2.05, 4.69) is 22.6 Å². The van der Waals surface area contributed by atoms with Crippen molar-refractivity contribution in [3.05, 3.63) is 31.7 Å². The molecule has 1 heterocycles. The summed E-state index contributed by atoms with van der Waals surface area (Å²) in [7, 11) is 0. The van der Waals surface area contributed by atoms with Gasteiger partial charge in [0.2, 0.25) is 0 Å². The maximum absolute atomic E-state index is 10.8. The van der Waals surface area contributed by atoms with E-state index in [-0.39, 0.29) is 0 Å². The summed E-state index contributed by atoms with van der Waals surface area (Å²) in [5.41, 5.74) is 0.714. The lowest BCUT2D eigenvalue weighted by Crippen LogP contribution is -1.79. The molecule has 0 atom stereocenters. The Morgan fingerprint density at radius 1 is 1.46 bits per heavy atom. The first-order valence-corrected chi connectivity index (χ1v) is 5.83. The van der Waals surface area contributed by atoms with Gasteiger partial charge in [0.1, 0.15) is 0 Å². The minimum atomic E-state index is 0.652. The molecule has 0 aliphatic heterocycles.